The van der Waals surface area contributed by atoms with Crippen molar-refractivity contribution >= 4 is 0 Å². The number of aliphatic hydroxyl groups is 1. The molecule has 2 unspecified atom stereocenters. The summed E-state index contributed by atoms with van der Waals surface area (Å²) in [7, 11) is 0. The van der Waals surface area contributed by atoms with Gasteiger partial charge in [0.2, 0.25) is 0 Å². The number of aliphatic hydroxyl groups excluding tert-OH is 1. The zero-order chi connectivity index (χ0) is 10.0. The first-order chi connectivity index (χ1) is 6.02. The Labute approximate surface area is 82.5 Å². The minimum absolute atomic E-state index is 0.0256. The normalized spacial score (nSPS) is 35.8. The molecule has 1 heteroatoms. The van der Waals surface area contributed by atoms with Crippen LogP contribution in [0.1, 0.15) is 47.0 Å². The summed E-state index contributed by atoms with van der Waals surface area (Å²) in [4.78, 5) is 0. The maximum Gasteiger partial charge on any atom is 0.0543 e. The standard InChI is InChI=1S/C12H24O/c1-8(2)11-6-5-10(13)7-12(11)9(3)4/h8-13H,5-7H2,1-4H3/t10-,11?,12?/m1/s1. The van der Waals surface area contributed by atoms with Crippen molar-refractivity contribution in [2.75, 3.05) is 0 Å². The molecule has 1 N–H and O–H groups in total. The molecule has 1 aliphatic rings. The largest absolute Gasteiger partial charge is 0.393 e. The van der Waals surface area contributed by atoms with Crippen LogP contribution in [0.25, 0.3) is 0 Å². The Morgan fingerprint density at radius 2 is 1.46 bits per heavy atom. The maximum absolute atomic E-state index is 9.63. The van der Waals surface area contributed by atoms with E-state index in [1.54, 1.807) is 0 Å². The molecule has 1 saturated carbocycles. The molecule has 0 saturated heterocycles. The minimum atomic E-state index is -0.0256. The molecule has 13 heavy (non-hydrogen) atoms. The smallest absolute Gasteiger partial charge is 0.0543 e. The van der Waals surface area contributed by atoms with Gasteiger partial charge in [0.05, 0.1) is 6.10 Å². The van der Waals surface area contributed by atoms with Crippen molar-refractivity contribution < 1.29 is 5.11 Å². The van der Waals surface area contributed by atoms with E-state index in [0.29, 0.717) is 0 Å². The lowest BCUT2D eigenvalue weighted by molar-refractivity contribution is 0.0324. The van der Waals surface area contributed by atoms with Crippen LogP contribution in [0.3, 0.4) is 0 Å². The van der Waals surface area contributed by atoms with E-state index in [1.165, 1.54) is 6.42 Å². The lowest BCUT2D eigenvalue weighted by Gasteiger charge is -2.39. The highest BCUT2D eigenvalue weighted by Crippen LogP contribution is 2.39. The van der Waals surface area contributed by atoms with Gasteiger partial charge in [-0.05, 0) is 42.9 Å². The molecule has 0 aliphatic heterocycles. The van der Waals surface area contributed by atoms with Gasteiger partial charge in [0.1, 0.15) is 0 Å². The quantitative estimate of drug-likeness (QED) is 0.699. The fourth-order valence-electron chi connectivity index (χ4n) is 2.80. The molecule has 78 valence electrons. The first-order valence-electron chi connectivity index (χ1n) is 5.70. The number of rotatable bonds is 2. The van der Waals surface area contributed by atoms with Gasteiger partial charge in [-0.2, -0.15) is 0 Å². The van der Waals surface area contributed by atoms with Crippen LogP contribution in [0.5, 0.6) is 0 Å². The van der Waals surface area contributed by atoms with Crippen molar-refractivity contribution in [2.24, 2.45) is 23.7 Å². The summed E-state index contributed by atoms with van der Waals surface area (Å²) in [5.41, 5.74) is 0. The van der Waals surface area contributed by atoms with E-state index >= 15 is 0 Å². The molecule has 0 bridgehead atoms. The van der Waals surface area contributed by atoms with Gasteiger partial charge in [-0.1, -0.05) is 27.7 Å². The second kappa shape index (κ2) is 4.45. The summed E-state index contributed by atoms with van der Waals surface area (Å²) in [6.07, 6.45) is 3.25. The molecule has 0 spiro atoms. The SMILES string of the molecule is CC(C)C1CC[C@@H](O)CC1C(C)C. The fraction of sp³-hybridized carbons (Fsp3) is 1.00. The van der Waals surface area contributed by atoms with E-state index < -0.39 is 0 Å². The van der Waals surface area contributed by atoms with Crippen molar-refractivity contribution in [3.63, 3.8) is 0 Å². The van der Waals surface area contributed by atoms with Gasteiger partial charge in [0.25, 0.3) is 0 Å². The Bertz CT molecular complexity index is 151. The van der Waals surface area contributed by atoms with Crippen molar-refractivity contribution in [3.05, 3.63) is 0 Å². The fourth-order valence-corrected chi connectivity index (χ4v) is 2.80. The summed E-state index contributed by atoms with van der Waals surface area (Å²) >= 11 is 0. The lowest BCUT2D eigenvalue weighted by atomic mass is 9.68. The molecule has 0 amide bonds. The summed E-state index contributed by atoms with van der Waals surface area (Å²) in [6.45, 7) is 9.21. The Kier molecular flexibility index (Phi) is 3.78. The number of hydrogen-bond donors (Lipinski definition) is 1. The van der Waals surface area contributed by atoms with Crippen molar-refractivity contribution in [1.82, 2.24) is 0 Å². The Hall–Kier alpha value is -0.0400. The molecule has 0 aromatic carbocycles. The molecule has 0 heterocycles. The van der Waals surface area contributed by atoms with Gasteiger partial charge in [-0.15, -0.1) is 0 Å². The first-order valence-corrected chi connectivity index (χ1v) is 5.70. The van der Waals surface area contributed by atoms with Gasteiger partial charge in [-0.3, -0.25) is 0 Å². The van der Waals surface area contributed by atoms with Crippen molar-refractivity contribution in [3.8, 4) is 0 Å². The van der Waals surface area contributed by atoms with E-state index in [1.807, 2.05) is 0 Å². The molecule has 0 radical (unpaired) electrons. The van der Waals surface area contributed by atoms with Crippen LogP contribution in [-0.4, -0.2) is 11.2 Å². The highest BCUT2D eigenvalue weighted by molar-refractivity contribution is 4.83. The van der Waals surface area contributed by atoms with Gasteiger partial charge < -0.3 is 5.11 Å². The average molecular weight is 184 g/mol. The Morgan fingerprint density at radius 1 is 0.923 bits per heavy atom. The van der Waals surface area contributed by atoms with Gasteiger partial charge >= 0.3 is 0 Å². The Balaban J connectivity index is 2.60. The minimum Gasteiger partial charge on any atom is -0.393 e. The van der Waals surface area contributed by atoms with Crippen LogP contribution in [0.4, 0.5) is 0 Å². The van der Waals surface area contributed by atoms with Crippen LogP contribution >= 0.6 is 0 Å². The monoisotopic (exact) mass is 184 g/mol. The van der Waals surface area contributed by atoms with Crippen LogP contribution in [0.2, 0.25) is 0 Å². The third-order valence-electron chi connectivity index (χ3n) is 3.64. The predicted molar refractivity (Wildman–Crippen MR) is 56.5 cm³/mol. The zero-order valence-electron chi connectivity index (χ0n) is 9.46. The summed E-state index contributed by atoms with van der Waals surface area (Å²) in [6, 6.07) is 0. The molecule has 0 aromatic heterocycles. The molecular weight excluding hydrogens is 160 g/mol. The average Bonchev–Trinajstić information content (AvgIpc) is 2.03. The van der Waals surface area contributed by atoms with Gasteiger partial charge in [-0.25, -0.2) is 0 Å². The molecular formula is C12H24O. The lowest BCUT2D eigenvalue weighted by Crippen LogP contribution is -2.33. The number of hydrogen-bond acceptors (Lipinski definition) is 1. The zero-order valence-corrected chi connectivity index (χ0v) is 9.46. The second-order valence-corrected chi connectivity index (χ2v) is 5.28. The molecule has 1 nitrogen and oxygen atoms in total. The predicted octanol–water partition coefficient (Wildman–Crippen LogP) is 3.08. The van der Waals surface area contributed by atoms with Crippen LogP contribution in [-0.2, 0) is 0 Å². The van der Waals surface area contributed by atoms with E-state index in [9.17, 15) is 5.11 Å². The topological polar surface area (TPSA) is 20.2 Å². The highest BCUT2D eigenvalue weighted by atomic mass is 16.3. The van der Waals surface area contributed by atoms with Crippen LogP contribution < -0.4 is 0 Å². The van der Waals surface area contributed by atoms with E-state index in [0.717, 1.165) is 36.5 Å². The second-order valence-electron chi connectivity index (χ2n) is 5.28. The Morgan fingerprint density at radius 3 is 1.92 bits per heavy atom. The molecule has 0 aromatic rings. The van der Waals surface area contributed by atoms with Crippen LogP contribution in [0, 0.1) is 23.7 Å². The molecule has 1 rings (SSSR count). The summed E-state index contributed by atoms with van der Waals surface area (Å²) in [5.74, 6) is 3.08. The van der Waals surface area contributed by atoms with Crippen molar-refractivity contribution in [1.29, 1.82) is 0 Å². The van der Waals surface area contributed by atoms with E-state index in [-0.39, 0.29) is 6.10 Å². The third kappa shape index (κ3) is 2.70. The third-order valence-corrected chi connectivity index (χ3v) is 3.64. The van der Waals surface area contributed by atoms with Crippen molar-refractivity contribution in [2.45, 2.75) is 53.1 Å². The molecule has 1 fully saturated rings. The highest BCUT2D eigenvalue weighted by Gasteiger charge is 2.32. The van der Waals surface area contributed by atoms with Gasteiger partial charge in [0.15, 0.2) is 0 Å². The molecule has 1 aliphatic carbocycles. The molecule has 3 atom stereocenters. The first kappa shape index (κ1) is 11.0. The summed E-state index contributed by atoms with van der Waals surface area (Å²) < 4.78 is 0. The van der Waals surface area contributed by atoms with Crippen LogP contribution in [0.15, 0.2) is 0 Å². The maximum atomic E-state index is 9.63. The van der Waals surface area contributed by atoms with E-state index in [4.69, 9.17) is 0 Å². The van der Waals surface area contributed by atoms with Gasteiger partial charge in [0, 0.05) is 0 Å². The van der Waals surface area contributed by atoms with E-state index in [2.05, 4.69) is 27.7 Å². The summed E-state index contributed by atoms with van der Waals surface area (Å²) in [5, 5.41) is 9.63.